The largest absolute Gasteiger partial charge is 0.336 e. The Labute approximate surface area is 156 Å². The second-order valence-electron chi connectivity index (χ2n) is 6.00. The highest BCUT2D eigenvalue weighted by Crippen LogP contribution is 2.47. The van der Waals surface area contributed by atoms with Gasteiger partial charge in [0.05, 0.1) is 12.2 Å². The molecule has 1 saturated heterocycles. The van der Waals surface area contributed by atoms with Crippen molar-refractivity contribution in [3.8, 4) is 0 Å². The molecule has 25 heavy (non-hydrogen) atoms. The number of carbonyl (C=O) groups excluding carboxylic acids is 1. The van der Waals surface area contributed by atoms with Crippen molar-refractivity contribution < 1.29 is 4.79 Å². The molecule has 2 aliphatic heterocycles. The van der Waals surface area contributed by atoms with Crippen molar-refractivity contribution in [3.63, 3.8) is 0 Å². The smallest absolute Gasteiger partial charge is 0.279 e. The topological polar surface area (TPSA) is 26.8 Å². The van der Waals surface area contributed by atoms with Gasteiger partial charge in [-0.25, -0.2) is 0 Å². The van der Waals surface area contributed by atoms with Crippen LogP contribution in [0, 0.1) is 0 Å². The Morgan fingerprint density at radius 1 is 0.960 bits per heavy atom. The molecule has 126 valence electrons. The van der Waals surface area contributed by atoms with E-state index in [1.165, 1.54) is 0 Å². The molecular weight excluding hydrogens is 350 g/mol. The summed E-state index contributed by atoms with van der Waals surface area (Å²) in [6.45, 7) is 0.487. The second kappa shape index (κ2) is 6.20. The molecule has 2 aliphatic rings. The molecule has 0 saturated carbocycles. The highest BCUT2D eigenvalue weighted by Gasteiger charge is 2.40. The molecule has 0 spiro atoms. The average molecular weight is 367 g/mol. The van der Waals surface area contributed by atoms with Crippen molar-refractivity contribution in [2.45, 2.75) is 11.4 Å². The second-order valence-corrected chi connectivity index (χ2v) is 7.40. The van der Waals surface area contributed by atoms with Gasteiger partial charge < -0.3 is 9.80 Å². The van der Waals surface area contributed by atoms with Crippen LogP contribution in [0.25, 0.3) is 0 Å². The van der Waals surface area contributed by atoms with Gasteiger partial charge in [0, 0.05) is 19.0 Å². The maximum absolute atomic E-state index is 13.1. The number of carbonyl (C=O) groups is 1. The fourth-order valence-corrected chi connectivity index (χ4v) is 4.54. The first-order chi connectivity index (χ1) is 12.1. The van der Waals surface area contributed by atoms with E-state index in [-0.39, 0.29) is 5.91 Å². The summed E-state index contributed by atoms with van der Waals surface area (Å²) in [6, 6.07) is 18.1. The molecule has 0 aliphatic carbocycles. The SMILES string of the molecule is CN1C(=S)N(Cc2ccccc2)C(=O)C1=C1Sc2ccccc2N1C. The Morgan fingerprint density at radius 2 is 1.64 bits per heavy atom. The molecule has 0 bridgehead atoms. The highest BCUT2D eigenvalue weighted by atomic mass is 32.2. The molecule has 2 heterocycles. The number of nitrogens with zero attached hydrogens (tertiary/aromatic N) is 3. The Hall–Kier alpha value is -2.31. The standard InChI is InChI=1S/C19H17N3OS2/c1-20-14-10-6-7-11-15(14)25-18(20)16-17(23)22(19(24)21(16)2)12-13-8-4-3-5-9-13/h3-11H,12H2,1-2H3. The molecule has 1 fully saturated rings. The van der Waals surface area contributed by atoms with Gasteiger partial charge in [-0.1, -0.05) is 54.2 Å². The van der Waals surface area contributed by atoms with E-state index >= 15 is 0 Å². The quantitative estimate of drug-likeness (QED) is 0.596. The third-order valence-electron chi connectivity index (χ3n) is 4.42. The van der Waals surface area contributed by atoms with Gasteiger partial charge in [-0.2, -0.15) is 0 Å². The number of anilines is 1. The van der Waals surface area contributed by atoms with Crippen LogP contribution in [-0.4, -0.2) is 34.9 Å². The molecule has 4 nitrogen and oxygen atoms in total. The summed E-state index contributed by atoms with van der Waals surface area (Å²) >= 11 is 7.16. The molecule has 0 atom stereocenters. The lowest BCUT2D eigenvalue weighted by molar-refractivity contribution is -0.123. The van der Waals surface area contributed by atoms with Crippen molar-refractivity contribution >= 4 is 40.7 Å². The van der Waals surface area contributed by atoms with Crippen molar-refractivity contribution in [1.82, 2.24) is 9.80 Å². The summed E-state index contributed by atoms with van der Waals surface area (Å²) in [4.78, 5) is 19.8. The van der Waals surface area contributed by atoms with Crippen molar-refractivity contribution in [2.24, 2.45) is 0 Å². The van der Waals surface area contributed by atoms with Crippen molar-refractivity contribution in [3.05, 3.63) is 70.9 Å². The number of thioether (sulfide) groups is 1. The highest BCUT2D eigenvalue weighted by molar-refractivity contribution is 8.03. The number of fused-ring (bicyclic) bond motifs is 1. The Kier molecular flexibility index (Phi) is 4.01. The molecule has 0 radical (unpaired) electrons. The van der Waals surface area contributed by atoms with Crippen LogP contribution in [0.15, 0.2) is 70.2 Å². The van der Waals surface area contributed by atoms with Gasteiger partial charge in [-0.15, -0.1) is 0 Å². The number of rotatable bonds is 2. The predicted molar refractivity (Wildman–Crippen MR) is 105 cm³/mol. The number of thiocarbonyl (C=S) groups is 1. The minimum absolute atomic E-state index is 0.0430. The zero-order valence-corrected chi connectivity index (χ0v) is 15.6. The summed E-state index contributed by atoms with van der Waals surface area (Å²) in [5.41, 5.74) is 2.82. The summed E-state index contributed by atoms with van der Waals surface area (Å²) in [5.74, 6) is -0.0430. The fourth-order valence-electron chi connectivity index (χ4n) is 3.09. The van der Waals surface area contributed by atoms with E-state index in [0.717, 1.165) is 21.2 Å². The van der Waals surface area contributed by atoms with E-state index in [9.17, 15) is 4.79 Å². The van der Waals surface area contributed by atoms with Crippen LogP contribution < -0.4 is 4.90 Å². The van der Waals surface area contributed by atoms with Gasteiger partial charge in [-0.05, 0) is 29.9 Å². The van der Waals surface area contributed by atoms with Crippen LogP contribution in [0.3, 0.4) is 0 Å². The first kappa shape index (κ1) is 16.2. The molecular formula is C19H17N3OS2. The normalized spacial score (nSPS) is 19.8. The summed E-state index contributed by atoms with van der Waals surface area (Å²) < 4.78 is 0. The van der Waals surface area contributed by atoms with Crippen LogP contribution in [0.4, 0.5) is 5.69 Å². The third-order valence-corrected chi connectivity index (χ3v) is 6.14. The van der Waals surface area contributed by atoms with E-state index in [2.05, 4.69) is 17.0 Å². The van der Waals surface area contributed by atoms with Crippen LogP contribution in [0.1, 0.15) is 5.56 Å². The lowest BCUT2D eigenvalue weighted by atomic mass is 10.2. The van der Waals surface area contributed by atoms with Gasteiger partial charge in [0.25, 0.3) is 5.91 Å². The zero-order valence-electron chi connectivity index (χ0n) is 14.0. The van der Waals surface area contributed by atoms with Gasteiger partial charge >= 0.3 is 0 Å². The lowest BCUT2D eigenvalue weighted by Crippen LogP contribution is -2.30. The van der Waals surface area contributed by atoms with Gasteiger partial charge in [0.2, 0.25) is 0 Å². The Balaban J connectivity index is 1.70. The first-order valence-electron chi connectivity index (χ1n) is 7.96. The molecule has 0 aromatic heterocycles. The minimum Gasteiger partial charge on any atom is -0.336 e. The number of hydrogen-bond donors (Lipinski definition) is 0. The molecule has 1 amide bonds. The minimum atomic E-state index is -0.0430. The van der Waals surface area contributed by atoms with Crippen LogP contribution in [-0.2, 0) is 11.3 Å². The van der Waals surface area contributed by atoms with Crippen molar-refractivity contribution in [2.75, 3.05) is 19.0 Å². The fraction of sp³-hybridized carbons (Fsp3) is 0.158. The predicted octanol–water partition coefficient (Wildman–Crippen LogP) is 3.66. The molecule has 0 N–H and O–H groups in total. The Morgan fingerprint density at radius 3 is 2.36 bits per heavy atom. The molecule has 6 heteroatoms. The number of hydrogen-bond acceptors (Lipinski definition) is 4. The van der Waals surface area contributed by atoms with Crippen LogP contribution >= 0.6 is 24.0 Å². The van der Waals surface area contributed by atoms with E-state index in [1.807, 2.05) is 61.5 Å². The van der Waals surface area contributed by atoms with E-state index < -0.39 is 0 Å². The summed E-state index contributed by atoms with van der Waals surface area (Å²) in [5, 5.41) is 1.47. The molecule has 2 aromatic rings. The zero-order chi connectivity index (χ0) is 17.6. The van der Waals surface area contributed by atoms with E-state index in [1.54, 1.807) is 16.7 Å². The Bertz CT molecular complexity index is 895. The summed E-state index contributed by atoms with van der Waals surface area (Å²) in [6.07, 6.45) is 0. The monoisotopic (exact) mass is 367 g/mol. The summed E-state index contributed by atoms with van der Waals surface area (Å²) in [7, 11) is 3.86. The number of amides is 1. The van der Waals surface area contributed by atoms with Gasteiger partial charge in [-0.3, -0.25) is 9.69 Å². The maximum atomic E-state index is 13.1. The maximum Gasteiger partial charge on any atom is 0.279 e. The van der Waals surface area contributed by atoms with Crippen LogP contribution in [0.2, 0.25) is 0 Å². The number of likely N-dealkylation sites (N-methyl/N-ethyl adjacent to an activating group) is 1. The average Bonchev–Trinajstić information content (AvgIpc) is 3.06. The third kappa shape index (κ3) is 2.62. The van der Waals surface area contributed by atoms with Crippen LogP contribution in [0.5, 0.6) is 0 Å². The van der Waals surface area contributed by atoms with Gasteiger partial charge in [0.15, 0.2) is 5.11 Å². The first-order valence-corrected chi connectivity index (χ1v) is 9.19. The van der Waals surface area contributed by atoms with Crippen molar-refractivity contribution in [1.29, 1.82) is 0 Å². The lowest BCUT2D eigenvalue weighted by Gasteiger charge is -2.18. The van der Waals surface area contributed by atoms with E-state index in [0.29, 0.717) is 17.4 Å². The van der Waals surface area contributed by atoms with Gasteiger partial charge in [0.1, 0.15) is 10.7 Å². The number of benzene rings is 2. The molecule has 2 aromatic carbocycles. The molecule has 4 rings (SSSR count). The van der Waals surface area contributed by atoms with E-state index in [4.69, 9.17) is 12.2 Å². The molecule has 0 unspecified atom stereocenters. The number of para-hydroxylation sites is 1.